The summed E-state index contributed by atoms with van der Waals surface area (Å²) in [4.78, 5) is 10.9. The zero-order chi connectivity index (χ0) is 12.4. The molecule has 17 heavy (non-hydrogen) atoms. The summed E-state index contributed by atoms with van der Waals surface area (Å²) in [5.74, 6) is 0.503. The van der Waals surface area contributed by atoms with Gasteiger partial charge in [-0.05, 0) is 18.1 Å². The Bertz CT molecular complexity index is 545. The van der Waals surface area contributed by atoms with Gasteiger partial charge in [-0.15, -0.1) is 0 Å². The van der Waals surface area contributed by atoms with E-state index in [1.165, 1.54) is 0 Å². The predicted molar refractivity (Wildman–Crippen MR) is 65.0 cm³/mol. The number of benzene rings is 1. The molecule has 2 N–H and O–H groups in total. The van der Waals surface area contributed by atoms with Crippen LogP contribution in [0.25, 0.3) is 11.0 Å². The van der Waals surface area contributed by atoms with E-state index in [9.17, 15) is 4.79 Å². The first kappa shape index (κ1) is 11.5. The summed E-state index contributed by atoms with van der Waals surface area (Å²) < 4.78 is 10.6. The largest absolute Gasteiger partial charge is 0.497 e. The highest BCUT2D eigenvalue weighted by Crippen LogP contribution is 2.31. The molecule has 2 rings (SSSR count). The summed E-state index contributed by atoms with van der Waals surface area (Å²) in [5.41, 5.74) is 6.96. The third kappa shape index (κ3) is 2.25. The summed E-state index contributed by atoms with van der Waals surface area (Å²) >= 11 is 0. The van der Waals surface area contributed by atoms with Gasteiger partial charge in [0.05, 0.1) is 13.4 Å². The van der Waals surface area contributed by atoms with Gasteiger partial charge in [-0.1, -0.05) is 6.92 Å². The molecule has 90 valence electrons. The molecule has 0 fully saturated rings. The van der Waals surface area contributed by atoms with E-state index < -0.39 is 0 Å². The van der Waals surface area contributed by atoms with Crippen LogP contribution < -0.4 is 10.5 Å². The zero-order valence-corrected chi connectivity index (χ0v) is 9.90. The Morgan fingerprint density at radius 3 is 2.94 bits per heavy atom. The first-order valence-electron chi connectivity index (χ1n) is 5.45. The van der Waals surface area contributed by atoms with Crippen LogP contribution in [0.2, 0.25) is 0 Å². The van der Waals surface area contributed by atoms with Gasteiger partial charge in [0.1, 0.15) is 11.3 Å². The van der Waals surface area contributed by atoms with Crippen molar-refractivity contribution in [3.63, 3.8) is 0 Å². The average Bonchev–Trinajstić information content (AvgIpc) is 2.70. The number of fused-ring (bicyclic) bond motifs is 1. The number of carbonyl (C=O) groups excluding carboxylic acids is 1. The maximum absolute atomic E-state index is 10.9. The quantitative estimate of drug-likeness (QED) is 0.881. The third-order valence-corrected chi connectivity index (χ3v) is 2.85. The van der Waals surface area contributed by atoms with Crippen LogP contribution in [0, 0.1) is 0 Å². The second-order valence-corrected chi connectivity index (χ2v) is 4.12. The lowest BCUT2D eigenvalue weighted by Crippen LogP contribution is -2.13. The van der Waals surface area contributed by atoms with Crippen molar-refractivity contribution in [2.45, 2.75) is 19.3 Å². The fraction of sp³-hybridized carbons (Fsp3) is 0.308. The summed E-state index contributed by atoms with van der Waals surface area (Å²) in [6.07, 6.45) is 2.00. The van der Waals surface area contributed by atoms with Crippen molar-refractivity contribution in [3.8, 4) is 5.75 Å². The molecule has 2 aromatic rings. The SMILES string of the molecule is COc1ccc2c(C(C)CC(N)=O)coc2c1. The fourth-order valence-corrected chi connectivity index (χ4v) is 1.95. The molecule has 1 atom stereocenters. The normalized spacial score (nSPS) is 12.6. The summed E-state index contributed by atoms with van der Waals surface area (Å²) in [6, 6.07) is 5.64. The number of primary amides is 1. The van der Waals surface area contributed by atoms with Crippen LogP contribution in [0.15, 0.2) is 28.9 Å². The van der Waals surface area contributed by atoms with Gasteiger partial charge in [-0.2, -0.15) is 0 Å². The maximum Gasteiger partial charge on any atom is 0.218 e. The Kier molecular flexibility index (Phi) is 3.04. The van der Waals surface area contributed by atoms with Crippen molar-refractivity contribution in [1.29, 1.82) is 0 Å². The highest BCUT2D eigenvalue weighted by atomic mass is 16.5. The van der Waals surface area contributed by atoms with Crippen LogP contribution in [-0.2, 0) is 4.79 Å². The molecule has 4 nitrogen and oxygen atoms in total. The molecule has 1 aromatic heterocycles. The molecule has 1 amide bonds. The summed E-state index contributed by atoms with van der Waals surface area (Å²) in [6.45, 7) is 1.96. The van der Waals surface area contributed by atoms with Crippen molar-refractivity contribution in [2.24, 2.45) is 5.73 Å². The zero-order valence-electron chi connectivity index (χ0n) is 9.90. The van der Waals surface area contributed by atoms with Crippen LogP contribution in [0.3, 0.4) is 0 Å². The standard InChI is InChI=1S/C13H15NO3/c1-8(5-13(14)15)11-7-17-12-6-9(16-2)3-4-10(11)12/h3-4,6-8H,5H2,1-2H3,(H2,14,15). The van der Waals surface area contributed by atoms with Crippen LogP contribution >= 0.6 is 0 Å². The molecule has 0 bridgehead atoms. The van der Waals surface area contributed by atoms with Gasteiger partial charge in [0.25, 0.3) is 0 Å². The first-order valence-corrected chi connectivity index (χ1v) is 5.45. The van der Waals surface area contributed by atoms with E-state index in [0.717, 1.165) is 22.3 Å². The van der Waals surface area contributed by atoms with E-state index in [1.807, 2.05) is 25.1 Å². The van der Waals surface area contributed by atoms with Crippen LogP contribution in [0.1, 0.15) is 24.8 Å². The topological polar surface area (TPSA) is 65.5 Å². The highest BCUT2D eigenvalue weighted by Gasteiger charge is 2.15. The smallest absolute Gasteiger partial charge is 0.218 e. The number of nitrogens with two attached hydrogens (primary N) is 1. The van der Waals surface area contributed by atoms with Crippen LogP contribution in [0.4, 0.5) is 0 Å². The molecule has 0 aliphatic heterocycles. The van der Waals surface area contributed by atoms with E-state index >= 15 is 0 Å². The minimum absolute atomic E-state index is 0.0575. The Labute approximate surface area is 99.3 Å². The molecule has 1 heterocycles. The lowest BCUT2D eigenvalue weighted by molar-refractivity contribution is -0.118. The molecular weight excluding hydrogens is 218 g/mol. The van der Waals surface area contributed by atoms with Crippen LogP contribution in [0.5, 0.6) is 5.75 Å². The minimum atomic E-state index is -0.305. The second kappa shape index (κ2) is 4.49. The van der Waals surface area contributed by atoms with Gasteiger partial charge >= 0.3 is 0 Å². The Morgan fingerprint density at radius 1 is 1.53 bits per heavy atom. The van der Waals surface area contributed by atoms with E-state index in [1.54, 1.807) is 13.4 Å². The molecule has 0 aliphatic carbocycles. The minimum Gasteiger partial charge on any atom is -0.497 e. The van der Waals surface area contributed by atoms with Gasteiger partial charge in [0.2, 0.25) is 5.91 Å². The van der Waals surface area contributed by atoms with E-state index in [2.05, 4.69) is 0 Å². The van der Waals surface area contributed by atoms with Gasteiger partial charge in [-0.3, -0.25) is 4.79 Å². The van der Waals surface area contributed by atoms with Gasteiger partial charge in [0, 0.05) is 23.4 Å². The number of hydrogen-bond acceptors (Lipinski definition) is 3. The van der Waals surface area contributed by atoms with E-state index in [0.29, 0.717) is 6.42 Å². The monoisotopic (exact) mass is 233 g/mol. The molecule has 0 saturated heterocycles. The molecule has 0 spiro atoms. The number of methoxy groups -OCH3 is 1. The van der Waals surface area contributed by atoms with Crippen molar-refractivity contribution in [1.82, 2.24) is 0 Å². The second-order valence-electron chi connectivity index (χ2n) is 4.12. The Hall–Kier alpha value is -1.97. The van der Waals surface area contributed by atoms with Crippen molar-refractivity contribution in [3.05, 3.63) is 30.0 Å². The third-order valence-electron chi connectivity index (χ3n) is 2.85. The van der Waals surface area contributed by atoms with E-state index in [-0.39, 0.29) is 11.8 Å². The lowest BCUT2D eigenvalue weighted by atomic mass is 9.97. The molecule has 0 radical (unpaired) electrons. The van der Waals surface area contributed by atoms with Gasteiger partial charge < -0.3 is 14.9 Å². The summed E-state index contributed by atoms with van der Waals surface area (Å²) in [5, 5.41) is 1.000. The van der Waals surface area contributed by atoms with Crippen LogP contribution in [-0.4, -0.2) is 13.0 Å². The number of rotatable bonds is 4. The predicted octanol–water partition coefficient (Wildman–Crippen LogP) is 2.42. The lowest BCUT2D eigenvalue weighted by Gasteiger charge is -2.06. The average molecular weight is 233 g/mol. The molecule has 0 aliphatic rings. The summed E-state index contributed by atoms with van der Waals surface area (Å²) in [7, 11) is 1.61. The van der Waals surface area contributed by atoms with Crippen molar-refractivity contribution >= 4 is 16.9 Å². The van der Waals surface area contributed by atoms with Gasteiger partial charge in [-0.25, -0.2) is 0 Å². The number of ether oxygens (including phenoxy) is 1. The maximum atomic E-state index is 10.9. The van der Waals surface area contributed by atoms with Crippen molar-refractivity contribution < 1.29 is 13.9 Å². The Morgan fingerprint density at radius 2 is 2.29 bits per heavy atom. The van der Waals surface area contributed by atoms with E-state index in [4.69, 9.17) is 14.9 Å². The fourth-order valence-electron chi connectivity index (χ4n) is 1.95. The highest BCUT2D eigenvalue weighted by molar-refractivity contribution is 5.84. The van der Waals surface area contributed by atoms with Crippen molar-refractivity contribution in [2.75, 3.05) is 7.11 Å². The molecule has 0 saturated carbocycles. The molecular formula is C13H15NO3. The van der Waals surface area contributed by atoms with Gasteiger partial charge in [0.15, 0.2) is 0 Å². The molecule has 4 heteroatoms. The molecule has 1 aromatic carbocycles. The number of carbonyl (C=O) groups is 1. The Balaban J connectivity index is 2.39. The number of furan rings is 1. The number of hydrogen-bond donors (Lipinski definition) is 1. The molecule has 1 unspecified atom stereocenters. The number of amides is 1. The first-order chi connectivity index (χ1) is 8.11.